The number of hydrogen-bond acceptors (Lipinski definition) is 5. The van der Waals surface area contributed by atoms with Gasteiger partial charge in [-0.1, -0.05) is 11.6 Å². The highest BCUT2D eigenvalue weighted by atomic mass is 35.7. The van der Waals surface area contributed by atoms with Gasteiger partial charge in [0.1, 0.15) is 5.15 Å². The van der Waals surface area contributed by atoms with E-state index in [0.717, 1.165) is 6.07 Å². The molecular formula is C6H3Cl2F3N2O3S. The Morgan fingerprint density at radius 3 is 2.35 bits per heavy atom. The third-order valence-electron chi connectivity index (χ3n) is 1.40. The minimum Gasteiger partial charge on any atom is -0.397 e. The second kappa shape index (κ2) is 4.39. The first kappa shape index (κ1) is 14.1. The van der Waals surface area contributed by atoms with E-state index in [9.17, 15) is 21.6 Å². The molecule has 0 spiro atoms. The maximum absolute atomic E-state index is 12.0. The van der Waals surface area contributed by atoms with Gasteiger partial charge in [-0.05, 0) is 0 Å². The Hall–Kier alpha value is -0.930. The standard InChI is InChI=1S/C6H3Cl2F3N2O3S/c7-3-1-2(12)4(17(8,14)15)5(13-3)16-6(9,10)11/h1H,(H2,12,13). The third-order valence-corrected chi connectivity index (χ3v) is 2.95. The van der Waals surface area contributed by atoms with Crippen LogP contribution in [0.15, 0.2) is 11.0 Å². The van der Waals surface area contributed by atoms with E-state index >= 15 is 0 Å². The quantitative estimate of drug-likeness (QED) is 0.668. The first-order chi connectivity index (χ1) is 7.50. The van der Waals surface area contributed by atoms with Crippen LogP contribution in [0.25, 0.3) is 0 Å². The fourth-order valence-corrected chi connectivity index (χ4v) is 2.22. The lowest BCUT2D eigenvalue weighted by molar-refractivity contribution is -0.277. The van der Waals surface area contributed by atoms with Crippen molar-refractivity contribution in [2.75, 3.05) is 5.73 Å². The van der Waals surface area contributed by atoms with Crippen molar-refractivity contribution < 1.29 is 26.3 Å². The third kappa shape index (κ3) is 3.79. The van der Waals surface area contributed by atoms with Gasteiger partial charge in [-0.3, -0.25) is 0 Å². The van der Waals surface area contributed by atoms with Gasteiger partial charge >= 0.3 is 6.36 Å². The number of ether oxygens (including phenoxy) is 1. The van der Waals surface area contributed by atoms with Crippen LogP contribution in [0.3, 0.4) is 0 Å². The van der Waals surface area contributed by atoms with Crippen molar-refractivity contribution in [3.63, 3.8) is 0 Å². The number of nitrogens with two attached hydrogens (primary N) is 1. The van der Waals surface area contributed by atoms with Crippen LogP contribution in [0.1, 0.15) is 0 Å². The van der Waals surface area contributed by atoms with E-state index in [-0.39, 0.29) is 0 Å². The van der Waals surface area contributed by atoms with E-state index in [4.69, 9.17) is 28.0 Å². The van der Waals surface area contributed by atoms with E-state index < -0.39 is 37.0 Å². The zero-order valence-corrected chi connectivity index (χ0v) is 9.95. The molecule has 0 atom stereocenters. The predicted molar refractivity (Wildman–Crippen MR) is 53.4 cm³/mol. The van der Waals surface area contributed by atoms with Crippen molar-refractivity contribution in [3.8, 4) is 5.88 Å². The van der Waals surface area contributed by atoms with Crippen molar-refractivity contribution in [2.24, 2.45) is 0 Å². The normalized spacial score (nSPS) is 12.5. The van der Waals surface area contributed by atoms with Crippen molar-refractivity contribution in [3.05, 3.63) is 11.2 Å². The zero-order chi connectivity index (χ0) is 13.4. The van der Waals surface area contributed by atoms with Crippen LogP contribution in [0.4, 0.5) is 18.9 Å². The lowest BCUT2D eigenvalue weighted by atomic mass is 10.4. The molecule has 17 heavy (non-hydrogen) atoms. The molecule has 1 rings (SSSR count). The molecule has 96 valence electrons. The summed E-state index contributed by atoms with van der Waals surface area (Å²) >= 11 is 5.32. The number of nitrogen functional groups attached to an aromatic ring is 1. The number of anilines is 1. The Bertz CT molecular complexity index is 546. The minimum atomic E-state index is -5.15. The predicted octanol–water partition coefficient (Wildman–Crippen LogP) is 2.14. The highest BCUT2D eigenvalue weighted by Crippen LogP contribution is 2.35. The molecule has 0 aliphatic rings. The molecule has 0 unspecified atom stereocenters. The van der Waals surface area contributed by atoms with E-state index in [1.807, 2.05) is 0 Å². The van der Waals surface area contributed by atoms with Crippen LogP contribution >= 0.6 is 22.3 Å². The van der Waals surface area contributed by atoms with Gasteiger partial charge in [0.2, 0.25) is 5.88 Å². The lowest BCUT2D eigenvalue weighted by Gasteiger charge is -2.12. The molecule has 1 aromatic rings. The Labute approximate surface area is 103 Å². The minimum absolute atomic E-state index is 0.467. The highest BCUT2D eigenvalue weighted by Gasteiger charge is 2.36. The molecule has 0 saturated carbocycles. The second-order valence-corrected chi connectivity index (χ2v) is 5.54. The van der Waals surface area contributed by atoms with Crippen LogP contribution < -0.4 is 10.5 Å². The average Bonchev–Trinajstić information content (AvgIpc) is 1.94. The van der Waals surface area contributed by atoms with Crippen molar-refractivity contribution in [1.82, 2.24) is 4.98 Å². The van der Waals surface area contributed by atoms with Crippen molar-refractivity contribution in [2.45, 2.75) is 11.3 Å². The van der Waals surface area contributed by atoms with E-state index in [1.165, 1.54) is 0 Å². The number of rotatable bonds is 2. The second-order valence-electron chi connectivity index (χ2n) is 2.65. The molecule has 0 aliphatic heterocycles. The molecule has 0 aliphatic carbocycles. The molecule has 0 saturated heterocycles. The zero-order valence-electron chi connectivity index (χ0n) is 7.62. The number of hydrogen-bond donors (Lipinski definition) is 1. The molecular weight excluding hydrogens is 308 g/mol. The van der Waals surface area contributed by atoms with Crippen molar-refractivity contribution in [1.29, 1.82) is 0 Å². The van der Waals surface area contributed by atoms with E-state index in [2.05, 4.69) is 9.72 Å². The summed E-state index contributed by atoms with van der Waals surface area (Å²) in [5.74, 6) is -1.32. The number of halogens is 5. The Morgan fingerprint density at radius 2 is 1.94 bits per heavy atom. The Morgan fingerprint density at radius 1 is 1.41 bits per heavy atom. The molecule has 0 aromatic carbocycles. The lowest BCUT2D eigenvalue weighted by Crippen LogP contribution is -2.20. The summed E-state index contributed by atoms with van der Waals surface area (Å²) in [6.07, 6.45) is -5.15. The monoisotopic (exact) mass is 310 g/mol. The molecule has 5 nitrogen and oxygen atoms in total. The summed E-state index contributed by atoms with van der Waals surface area (Å²) in [5, 5.41) is -0.467. The highest BCUT2D eigenvalue weighted by molar-refractivity contribution is 8.14. The van der Waals surface area contributed by atoms with Gasteiger partial charge in [0.15, 0.2) is 4.90 Å². The number of aromatic nitrogens is 1. The molecule has 1 aromatic heterocycles. The van der Waals surface area contributed by atoms with Crippen LogP contribution in [0.2, 0.25) is 5.15 Å². The summed E-state index contributed by atoms with van der Waals surface area (Å²) in [5.41, 5.74) is 4.59. The molecule has 0 amide bonds. The van der Waals surface area contributed by atoms with Gasteiger partial charge in [0.05, 0.1) is 5.69 Å². The molecule has 0 bridgehead atoms. The van der Waals surface area contributed by atoms with Crippen LogP contribution in [0, 0.1) is 0 Å². The van der Waals surface area contributed by atoms with Crippen LogP contribution in [-0.4, -0.2) is 19.8 Å². The van der Waals surface area contributed by atoms with Gasteiger partial charge < -0.3 is 10.5 Å². The van der Waals surface area contributed by atoms with Crippen molar-refractivity contribution >= 4 is 37.0 Å². The fraction of sp³-hybridized carbons (Fsp3) is 0.167. The number of pyridine rings is 1. The van der Waals surface area contributed by atoms with Gasteiger partial charge in [-0.15, -0.1) is 13.2 Å². The van der Waals surface area contributed by atoms with Gasteiger partial charge in [0, 0.05) is 16.7 Å². The Balaban J connectivity index is 3.47. The topological polar surface area (TPSA) is 82.3 Å². The SMILES string of the molecule is Nc1cc(Cl)nc(OC(F)(F)F)c1S(=O)(=O)Cl. The molecule has 2 N–H and O–H groups in total. The van der Waals surface area contributed by atoms with E-state index in [1.54, 1.807) is 0 Å². The fourth-order valence-electron chi connectivity index (χ4n) is 0.921. The largest absolute Gasteiger partial charge is 0.574 e. The summed E-state index contributed by atoms with van der Waals surface area (Å²) in [6, 6.07) is 0.833. The van der Waals surface area contributed by atoms with Gasteiger partial charge in [-0.2, -0.15) is 0 Å². The van der Waals surface area contributed by atoms with E-state index in [0.29, 0.717) is 0 Å². The smallest absolute Gasteiger partial charge is 0.397 e. The average molecular weight is 311 g/mol. The first-order valence-electron chi connectivity index (χ1n) is 3.67. The first-order valence-corrected chi connectivity index (χ1v) is 6.36. The van der Waals surface area contributed by atoms with Crippen LogP contribution in [-0.2, 0) is 9.05 Å². The molecule has 1 heterocycles. The maximum atomic E-state index is 12.0. The summed E-state index contributed by atoms with van der Waals surface area (Å²) in [7, 11) is 0.360. The number of alkyl halides is 3. The molecule has 0 radical (unpaired) electrons. The van der Waals surface area contributed by atoms with Crippen LogP contribution in [0.5, 0.6) is 5.88 Å². The maximum Gasteiger partial charge on any atom is 0.574 e. The summed E-state index contributed by atoms with van der Waals surface area (Å²) < 4.78 is 61.4. The molecule has 0 fully saturated rings. The Kier molecular flexibility index (Phi) is 3.65. The summed E-state index contributed by atoms with van der Waals surface area (Å²) in [4.78, 5) is 1.98. The van der Waals surface area contributed by atoms with Gasteiger partial charge in [-0.25, -0.2) is 13.4 Å². The summed E-state index contributed by atoms with van der Waals surface area (Å²) in [6.45, 7) is 0. The molecule has 11 heteroatoms. The van der Waals surface area contributed by atoms with Gasteiger partial charge in [0.25, 0.3) is 9.05 Å². The number of nitrogens with zero attached hydrogens (tertiary/aromatic N) is 1.